The Bertz CT molecular complexity index is 310. The van der Waals surface area contributed by atoms with Crippen molar-refractivity contribution in [3.05, 3.63) is 11.8 Å². The van der Waals surface area contributed by atoms with Crippen molar-refractivity contribution in [1.29, 1.82) is 0 Å². The summed E-state index contributed by atoms with van der Waals surface area (Å²) in [5.74, 6) is -0.521. The van der Waals surface area contributed by atoms with Gasteiger partial charge >= 0.3 is 0 Å². The van der Waals surface area contributed by atoms with Gasteiger partial charge in [-0.3, -0.25) is 4.79 Å². The molecule has 6 heteroatoms. The number of hydrogen-bond acceptors (Lipinski definition) is 3. The number of allylic oxidation sites excluding steroid dienone is 1. The van der Waals surface area contributed by atoms with Gasteiger partial charge in [0, 0.05) is 18.6 Å². The molecular weight excluding hydrogens is 286 g/mol. The van der Waals surface area contributed by atoms with Gasteiger partial charge in [0.15, 0.2) is 6.29 Å². The highest BCUT2D eigenvalue weighted by Gasteiger charge is 2.38. The monoisotopic (exact) mass is 300 g/mol. The Kier molecular flexibility index (Phi) is 5.58. The number of alkyl halides is 3. The fourth-order valence-electron chi connectivity index (χ4n) is 1.74. The first-order chi connectivity index (χ1) is 7.90. The molecule has 0 aliphatic carbocycles. The summed E-state index contributed by atoms with van der Waals surface area (Å²) in [5, 5.41) is 0. The molecule has 0 unspecified atom stereocenters. The molecule has 0 amide bonds. The highest BCUT2D eigenvalue weighted by molar-refractivity contribution is 6.77. The second-order valence-electron chi connectivity index (χ2n) is 3.76. The standard InChI is InChI=1S/C11H15Cl3O3/c1-3-7-5-9(16-4-2)17-6-8(7)10(15)11(12,13)14/h6-7,9H,3-5H2,1-2H3/t7-,9-/m0/s1. The van der Waals surface area contributed by atoms with Crippen LogP contribution in [0.4, 0.5) is 0 Å². The minimum atomic E-state index is -1.93. The van der Waals surface area contributed by atoms with Crippen LogP contribution in [0, 0.1) is 5.92 Å². The predicted molar refractivity (Wildman–Crippen MR) is 68.3 cm³/mol. The van der Waals surface area contributed by atoms with Crippen molar-refractivity contribution < 1.29 is 14.3 Å². The number of rotatable bonds is 4. The zero-order valence-electron chi connectivity index (χ0n) is 9.71. The Hall–Kier alpha value is 0.0400. The zero-order chi connectivity index (χ0) is 13.1. The molecule has 0 radical (unpaired) electrons. The van der Waals surface area contributed by atoms with Gasteiger partial charge < -0.3 is 9.47 Å². The van der Waals surface area contributed by atoms with Gasteiger partial charge in [0.05, 0.1) is 6.26 Å². The Labute approximate surface area is 116 Å². The summed E-state index contributed by atoms with van der Waals surface area (Å²) < 4.78 is 8.72. The van der Waals surface area contributed by atoms with Crippen LogP contribution in [0.1, 0.15) is 26.7 Å². The number of ketones is 1. The van der Waals surface area contributed by atoms with Crippen LogP contribution in [0.15, 0.2) is 11.8 Å². The molecule has 0 aromatic carbocycles. The number of ether oxygens (including phenoxy) is 2. The third-order valence-electron chi connectivity index (χ3n) is 2.63. The van der Waals surface area contributed by atoms with E-state index in [-0.39, 0.29) is 12.2 Å². The summed E-state index contributed by atoms with van der Waals surface area (Å²) in [6.07, 6.45) is 2.41. The largest absolute Gasteiger partial charge is 0.472 e. The second kappa shape index (κ2) is 6.28. The number of Topliss-reactive ketones (excluding diaryl/α,β-unsaturated/α-hetero) is 1. The lowest BCUT2D eigenvalue weighted by atomic mass is 9.89. The molecule has 1 heterocycles. The van der Waals surface area contributed by atoms with Crippen LogP contribution in [0.5, 0.6) is 0 Å². The summed E-state index contributed by atoms with van der Waals surface area (Å²) in [6.45, 7) is 4.41. The molecule has 1 aliphatic rings. The third-order valence-corrected chi connectivity index (χ3v) is 3.14. The molecule has 0 spiro atoms. The summed E-state index contributed by atoms with van der Waals surface area (Å²) >= 11 is 16.8. The second-order valence-corrected chi connectivity index (χ2v) is 6.04. The first-order valence-corrected chi connectivity index (χ1v) is 6.62. The van der Waals surface area contributed by atoms with Crippen LogP contribution in [0.3, 0.4) is 0 Å². The Morgan fingerprint density at radius 3 is 2.65 bits per heavy atom. The average Bonchev–Trinajstić information content (AvgIpc) is 2.27. The highest BCUT2D eigenvalue weighted by Crippen LogP contribution is 2.36. The first kappa shape index (κ1) is 15.1. The van der Waals surface area contributed by atoms with Crippen LogP contribution in [0.2, 0.25) is 0 Å². The lowest BCUT2D eigenvalue weighted by molar-refractivity contribution is -0.128. The molecule has 0 fully saturated rings. The Morgan fingerprint density at radius 1 is 1.53 bits per heavy atom. The Balaban J connectivity index is 2.81. The number of carbonyl (C=O) groups excluding carboxylic acids is 1. The van der Waals surface area contributed by atoms with Gasteiger partial charge in [-0.15, -0.1) is 0 Å². The third kappa shape index (κ3) is 4.02. The smallest absolute Gasteiger partial charge is 0.253 e. The summed E-state index contributed by atoms with van der Waals surface area (Å²) in [6, 6.07) is 0. The molecule has 0 aromatic heterocycles. The van der Waals surface area contributed by atoms with Crippen molar-refractivity contribution in [2.45, 2.75) is 36.8 Å². The normalized spacial score (nSPS) is 25.1. The minimum Gasteiger partial charge on any atom is -0.472 e. The summed E-state index contributed by atoms with van der Waals surface area (Å²) in [5.41, 5.74) is 0.420. The van der Waals surface area contributed by atoms with Crippen molar-refractivity contribution in [2.75, 3.05) is 6.61 Å². The molecule has 2 atom stereocenters. The van der Waals surface area contributed by atoms with E-state index in [9.17, 15) is 4.79 Å². The highest BCUT2D eigenvalue weighted by atomic mass is 35.6. The van der Waals surface area contributed by atoms with Crippen molar-refractivity contribution in [3.8, 4) is 0 Å². The fraction of sp³-hybridized carbons (Fsp3) is 0.727. The molecule has 0 saturated carbocycles. The van der Waals surface area contributed by atoms with Crippen molar-refractivity contribution in [2.24, 2.45) is 5.92 Å². The lowest BCUT2D eigenvalue weighted by Crippen LogP contribution is -2.32. The fourth-order valence-corrected chi connectivity index (χ4v) is 2.07. The van der Waals surface area contributed by atoms with E-state index >= 15 is 0 Å². The Morgan fingerprint density at radius 2 is 2.18 bits per heavy atom. The molecule has 3 nitrogen and oxygen atoms in total. The van der Waals surface area contributed by atoms with Gasteiger partial charge in [0.1, 0.15) is 0 Å². The first-order valence-electron chi connectivity index (χ1n) is 5.48. The molecule has 0 aromatic rings. The zero-order valence-corrected chi connectivity index (χ0v) is 12.0. The maximum atomic E-state index is 11.9. The van der Waals surface area contributed by atoms with Gasteiger partial charge in [-0.1, -0.05) is 41.7 Å². The molecular formula is C11H15Cl3O3. The predicted octanol–water partition coefficient (Wildman–Crippen LogP) is 3.62. The number of carbonyl (C=O) groups is 1. The van der Waals surface area contributed by atoms with Crippen molar-refractivity contribution >= 4 is 40.6 Å². The van der Waals surface area contributed by atoms with Gasteiger partial charge in [-0.25, -0.2) is 0 Å². The molecule has 0 N–H and O–H groups in total. The van der Waals surface area contributed by atoms with Crippen molar-refractivity contribution in [1.82, 2.24) is 0 Å². The van der Waals surface area contributed by atoms with Gasteiger partial charge in [-0.05, 0) is 19.3 Å². The number of halogens is 3. The van der Waals surface area contributed by atoms with Gasteiger partial charge in [0.2, 0.25) is 5.78 Å². The van der Waals surface area contributed by atoms with Crippen LogP contribution in [-0.4, -0.2) is 22.5 Å². The van der Waals surface area contributed by atoms with Crippen molar-refractivity contribution in [3.63, 3.8) is 0 Å². The van der Waals surface area contributed by atoms with E-state index in [1.54, 1.807) is 0 Å². The summed E-state index contributed by atoms with van der Waals surface area (Å²) in [7, 11) is 0. The van der Waals surface area contributed by atoms with Crippen LogP contribution < -0.4 is 0 Å². The van der Waals surface area contributed by atoms with Crippen LogP contribution in [0.25, 0.3) is 0 Å². The summed E-state index contributed by atoms with van der Waals surface area (Å²) in [4.78, 5) is 11.9. The van der Waals surface area contributed by atoms with E-state index in [1.165, 1.54) is 6.26 Å². The van der Waals surface area contributed by atoms with E-state index < -0.39 is 9.58 Å². The maximum absolute atomic E-state index is 11.9. The van der Waals surface area contributed by atoms with E-state index in [1.807, 2.05) is 13.8 Å². The molecule has 0 bridgehead atoms. The lowest BCUT2D eigenvalue weighted by Gasteiger charge is -2.29. The average molecular weight is 302 g/mol. The van der Waals surface area contributed by atoms with E-state index in [0.29, 0.717) is 18.6 Å². The van der Waals surface area contributed by atoms with E-state index in [4.69, 9.17) is 44.3 Å². The topological polar surface area (TPSA) is 35.5 Å². The van der Waals surface area contributed by atoms with E-state index in [2.05, 4.69) is 0 Å². The quantitative estimate of drug-likeness (QED) is 0.744. The van der Waals surface area contributed by atoms with Gasteiger partial charge in [-0.2, -0.15) is 0 Å². The molecule has 1 rings (SSSR count). The SMILES string of the molecule is CCO[C@@H]1C[C@H](CC)C(C(=O)C(Cl)(Cl)Cl)=CO1. The van der Waals surface area contributed by atoms with Crippen LogP contribution >= 0.6 is 34.8 Å². The van der Waals surface area contributed by atoms with Gasteiger partial charge in [0.25, 0.3) is 3.79 Å². The minimum absolute atomic E-state index is 0.00317. The molecule has 17 heavy (non-hydrogen) atoms. The van der Waals surface area contributed by atoms with E-state index in [0.717, 1.165) is 6.42 Å². The molecule has 1 aliphatic heterocycles. The number of hydrogen-bond donors (Lipinski definition) is 0. The molecule has 0 saturated heterocycles. The van der Waals surface area contributed by atoms with Crippen LogP contribution in [-0.2, 0) is 14.3 Å². The maximum Gasteiger partial charge on any atom is 0.253 e. The molecule has 98 valence electrons.